The van der Waals surface area contributed by atoms with Crippen LogP contribution in [-0.2, 0) is 4.79 Å². The van der Waals surface area contributed by atoms with E-state index in [9.17, 15) is 19.7 Å². The largest absolute Gasteiger partial charge is 0.349 e. The summed E-state index contributed by atoms with van der Waals surface area (Å²) in [6.45, 7) is 4.83. The van der Waals surface area contributed by atoms with Gasteiger partial charge in [-0.3, -0.25) is 19.7 Å². The minimum Gasteiger partial charge on any atom is -0.349 e. The molecule has 0 spiro atoms. The Morgan fingerprint density at radius 2 is 1.83 bits per heavy atom. The first-order valence-corrected chi connectivity index (χ1v) is 10.3. The van der Waals surface area contributed by atoms with Gasteiger partial charge in [-0.25, -0.2) is 0 Å². The second-order valence-electron chi connectivity index (χ2n) is 7.70. The van der Waals surface area contributed by atoms with Crippen molar-refractivity contribution in [1.82, 2.24) is 10.2 Å². The topological polar surface area (TPSA) is 92.6 Å². The lowest BCUT2D eigenvalue weighted by Gasteiger charge is -2.34. The number of carbonyl (C=O) groups is 2. The van der Waals surface area contributed by atoms with E-state index in [2.05, 4.69) is 5.32 Å². The lowest BCUT2D eigenvalue weighted by molar-refractivity contribution is -0.385. The Bertz CT molecular complexity index is 921. The van der Waals surface area contributed by atoms with Crippen LogP contribution in [0, 0.1) is 17.0 Å². The summed E-state index contributed by atoms with van der Waals surface area (Å²) >= 11 is 0. The van der Waals surface area contributed by atoms with Crippen LogP contribution in [0.3, 0.4) is 0 Å². The average molecular weight is 409 g/mol. The van der Waals surface area contributed by atoms with Crippen molar-refractivity contribution in [3.05, 3.63) is 75.3 Å². The Hall–Kier alpha value is -3.22. The van der Waals surface area contributed by atoms with Gasteiger partial charge in [0.2, 0.25) is 5.91 Å². The highest BCUT2D eigenvalue weighted by Gasteiger charge is 2.29. The smallest absolute Gasteiger partial charge is 0.273 e. The van der Waals surface area contributed by atoms with Crippen molar-refractivity contribution >= 4 is 17.5 Å². The molecular weight excluding hydrogens is 382 g/mol. The number of rotatable bonds is 6. The molecule has 0 radical (unpaired) electrons. The van der Waals surface area contributed by atoms with E-state index in [1.807, 2.05) is 42.2 Å². The number of amides is 2. The van der Waals surface area contributed by atoms with Gasteiger partial charge >= 0.3 is 0 Å². The number of nitro groups is 1. The maximum Gasteiger partial charge on any atom is 0.273 e. The molecule has 1 heterocycles. The number of hydrogen-bond acceptors (Lipinski definition) is 4. The number of likely N-dealkylation sites (tertiary alicyclic amines) is 1. The van der Waals surface area contributed by atoms with Gasteiger partial charge < -0.3 is 10.2 Å². The Balaban J connectivity index is 1.58. The standard InChI is InChI=1S/C23H27N3O4/c1-3-20(17-7-5-4-6-8-17)23(28)25-13-11-19(12-14-25)24-22(27)18-10-9-16(2)21(15-18)26(29)30/h4-10,15,19-20H,3,11-14H2,1-2H3,(H,24,27). The van der Waals surface area contributed by atoms with Crippen LogP contribution < -0.4 is 5.32 Å². The molecule has 1 saturated heterocycles. The van der Waals surface area contributed by atoms with Gasteiger partial charge in [-0.05, 0) is 37.8 Å². The molecule has 0 aliphatic carbocycles. The highest BCUT2D eigenvalue weighted by molar-refractivity contribution is 5.95. The molecule has 2 amide bonds. The minimum absolute atomic E-state index is 0.0567. The number of carbonyl (C=O) groups excluding carboxylic acids is 2. The van der Waals surface area contributed by atoms with Crippen molar-refractivity contribution < 1.29 is 14.5 Å². The molecule has 1 aliphatic rings. The van der Waals surface area contributed by atoms with Crippen LogP contribution in [0.15, 0.2) is 48.5 Å². The SMILES string of the molecule is CCC(C(=O)N1CCC(NC(=O)c2ccc(C)c([N+](=O)[O-])c2)CC1)c1ccccc1. The molecule has 0 bridgehead atoms. The molecule has 1 N–H and O–H groups in total. The molecule has 2 aromatic carbocycles. The fourth-order valence-corrected chi connectivity index (χ4v) is 3.92. The normalized spacial score (nSPS) is 15.5. The van der Waals surface area contributed by atoms with Crippen molar-refractivity contribution in [1.29, 1.82) is 0 Å². The van der Waals surface area contributed by atoms with Gasteiger partial charge in [0.15, 0.2) is 0 Å². The van der Waals surface area contributed by atoms with E-state index in [1.165, 1.54) is 6.07 Å². The number of aryl methyl sites for hydroxylation is 1. The first kappa shape index (κ1) is 21.5. The van der Waals surface area contributed by atoms with Gasteiger partial charge in [-0.1, -0.05) is 43.3 Å². The van der Waals surface area contributed by atoms with Crippen LogP contribution in [-0.4, -0.2) is 40.8 Å². The highest BCUT2D eigenvalue weighted by Crippen LogP contribution is 2.24. The highest BCUT2D eigenvalue weighted by atomic mass is 16.6. The fourth-order valence-electron chi connectivity index (χ4n) is 3.92. The van der Waals surface area contributed by atoms with Gasteiger partial charge in [0.1, 0.15) is 0 Å². The van der Waals surface area contributed by atoms with Gasteiger partial charge in [0.25, 0.3) is 11.6 Å². The zero-order valence-electron chi connectivity index (χ0n) is 17.3. The minimum atomic E-state index is -0.479. The van der Waals surface area contributed by atoms with E-state index in [1.54, 1.807) is 19.1 Å². The number of nitro benzene ring substituents is 1. The summed E-state index contributed by atoms with van der Waals surface area (Å²) in [4.78, 5) is 38.0. The van der Waals surface area contributed by atoms with Crippen LogP contribution in [0.2, 0.25) is 0 Å². The zero-order chi connectivity index (χ0) is 21.7. The number of hydrogen-bond donors (Lipinski definition) is 1. The van der Waals surface area contributed by atoms with Crippen LogP contribution in [0.5, 0.6) is 0 Å². The molecule has 1 atom stereocenters. The molecular formula is C23H27N3O4. The van der Waals surface area contributed by atoms with Gasteiger partial charge in [0, 0.05) is 36.3 Å². The summed E-state index contributed by atoms with van der Waals surface area (Å²) in [5, 5.41) is 14.1. The van der Waals surface area contributed by atoms with Crippen molar-refractivity contribution in [3.63, 3.8) is 0 Å². The summed E-state index contributed by atoms with van der Waals surface area (Å²) in [6, 6.07) is 14.3. The molecule has 0 saturated carbocycles. The quantitative estimate of drug-likeness (QED) is 0.580. The third kappa shape index (κ3) is 4.84. The Morgan fingerprint density at radius 3 is 2.43 bits per heavy atom. The first-order chi connectivity index (χ1) is 14.4. The molecule has 2 aromatic rings. The van der Waals surface area contributed by atoms with Crippen LogP contribution in [0.1, 0.15) is 53.6 Å². The molecule has 3 rings (SSSR count). The van der Waals surface area contributed by atoms with Crippen molar-refractivity contribution in [2.24, 2.45) is 0 Å². The zero-order valence-corrected chi connectivity index (χ0v) is 17.3. The second kappa shape index (κ2) is 9.52. The van der Waals surface area contributed by atoms with Crippen molar-refractivity contribution in [2.75, 3.05) is 13.1 Å². The van der Waals surface area contributed by atoms with Crippen molar-refractivity contribution in [2.45, 2.75) is 45.1 Å². The predicted molar refractivity (Wildman–Crippen MR) is 114 cm³/mol. The van der Waals surface area contributed by atoms with E-state index in [4.69, 9.17) is 0 Å². The summed E-state index contributed by atoms with van der Waals surface area (Å²) in [6.07, 6.45) is 2.07. The summed E-state index contributed by atoms with van der Waals surface area (Å²) in [7, 11) is 0. The van der Waals surface area contributed by atoms with Crippen LogP contribution in [0.4, 0.5) is 5.69 Å². The summed E-state index contributed by atoms with van der Waals surface area (Å²) in [5.74, 6) is -0.341. The lowest BCUT2D eigenvalue weighted by Crippen LogP contribution is -2.47. The van der Waals surface area contributed by atoms with E-state index < -0.39 is 4.92 Å². The second-order valence-corrected chi connectivity index (χ2v) is 7.70. The molecule has 158 valence electrons. The first-order valence-electron chi connectivity index (χ1n) is 10.3. The third-order valence-electron chi connectivity index (χ3n) is 5.72. The average Bonchev–Trinajstić information content (AvgIpc) is 2.75. The summed E-state index contributed by atoms with van der Waals surface area (Å²) < 4.78 is 0. The number of nitrogens with one attached hydrogen (secondary N) is 1. The van der Waals surface area contributed by atoms with Gasteiger partial charge in [-0.2, -0.15) is 0 Å². The molecule has 0 aromatic heterocycles. The van der Waals surface area contributed by atoms with E-state index >= 15 is 0 Å². The maximum absolute atomic E-state index is 13.0. The van der Waals surface area contributed by atoms with E-state index in [0.717, 1.165) is 12.0 Å². The Labute approximate surface area is 176 Å². The Kier molecular flexibility index (Phi) is 6.82. The van der Waals surface area contributed by atoms with Crippen molar-refractivity contribution in [3.8, 4) is 0 Å². The molecule has 1 unspecified atom stereocenters. The lowest BCUT2D eigenvalue weighted by atomic mass is 9.93. The van der Waals surface area contributed by atoms with Crippen LogP contribution >= 0.6 is 0 Å². The Morgan fingerprint density at radius 1 is 1.17 bits per heavy atom. The molecule has 1 aliphatic heterocycles. The molecule has 1 fully saturated rings. The number of benzene rings is 2. The molecule has 7 heteroatoms. The maximum atomic E-state index is 13.0. The fraction of sp³-hybridized carbons (Fsp3) is 0.391. The third-order valence-corrected chi connectivity index (χ3v) is 5.72. The van der Waals surface area contributed by atoms with Gasteiger partial charge in [-0.15, -0.1) is 0 Å². The molecule has 7 nitrogen and oxygen atoms in total. The van der Waals surface area contributed by atoms with E-state index in [0.29, 0.717) is 31.5 Å². The van der Waals surface area contributed by atoms with E-state index in [-0.39, 0.29) is 35.0 Å². The monoisotopic (exact) mass is 409 g/mol. The predicted octanol–water partition coefficient (Wildman–Crippen LogP) is 3.82. The van der Waals surface area contributed by atoms with Gasteiger partial charge in [0.05, 0.1) is 10.8 Å². The number of nitrogens with zero attached hydrogens (tertiary/aromatic N) is 2. The number of piperidine rings is 1. The van der Waals surface area contributed by atoms with Crippen LogP contribution in [0.25, 0.3) is 0 Å². The molecule has 30 heavy (non-hydrogen) atoms. The summed E-state index contributed by atoms with van der Waals surface area (Å²) in [5.41, 5.74) is 1.77.